The first-order valence-corrected chi connectivity index (χ1v) is 11.0. The Morgan fingerprint density at radius 1 is 1.04 bits per heavy atom. The number of halogens is 1. The highest BCUT2D eigenvalue weighted by Crippen LogP contribution is 2.28. The van der Waals surface area contributed by atoms with Crippen molar-refractivity contribution in [3.63, 3.8) is 0 Å². The zero-order valence-corrected chi connectivity index (χ0v) is 15.9. The van der Waals surface area contributed by atoms with Crippen molar-refractivity contribution >= 4 is 31.5 Å². The van der Waals surface area contributed by atoms with Gasteiger partial charge in [-0.1, -0.05) is 41.9 Å². The maximum atomic E-state index is 13.0. The second kappa shape index (κ2) is 7.84. The summed E-state index contributed by atoms with van der Waals surface area (Å²) in [6.07, 6.45) is 0.988. The van der Waals surface area contributed by atoms with Crippen LogP contribution in [0.25, 0.3) is 0 Å². The van der Waals surface area contributed by atoms with Crippen LogP contribution in [0, 0.1) is 0 Å². The van der Waals surface area contributed by atoms with Gasteiger partial charge in [-0.3, -0.25) is 0 Å². The second-order valence-corrected chi connectivity index (χ2v) is 9.74. The van der Waals surface area contributed by atoms with Crippen molar-refractivity contribution in [2.75, 3.05) is 19.4 Å². The van der Waals surface area contributed by atoms with Crippen LogP contribution in [0.15, 0.2) is 58.3 Å². The second-order valence-electron chi connectivity index (χ2n) is 5.41. The molecule has 0 aromatic heterocycles. The van der Waals surface area contributed by atoms with E-state index < -0.39 is 19.9 Å². The Hall–Kier alpha value is -1.45. The third-order valence-corrected chi connectivity index (χ3v) is 6.94. The number of sulfonamides is 1. The molecule has 0 bridgehead atoms. The topological polar surface area (TPSA) is 91.8 Å². The van der Waals surface area contributed by atoms with Gasteiger partial charge in [0.2, 0.25) is 10.0 Å². The van der Waals surface area contributed by atoms with Crippen molar-refractivity contribution in [2.45, 2.75) is 16.3 Å². The van der Waals surface area contributed by atoms with Crippen LogP contribution in [0.4, 0.5) is 0 Å². The minimum Gasteiger partial charge on any atom is -0.395 e. The lowest BCUT2D eigenvalue weighted by molar-refractivity contribution is 0.251. The van der Waals surface area contributed by atoms with E-state index >= 15 is 0 Å². The first-order chi connectivity index (χ1) is 11.7. The minimum absolute atomic E-state index is 0.0309. The molecule has 0 atom stereocenters. The van der Waals surface area contributed by atoms with Gasteiger partial charge in [0, 0.05) is 19.3 Å². The van der Waals surface area contributed by atoms with Crippen molar-refractivity contribution in [3.8, 4) is 0 Å². The average Bonchev–Trinajstić information content (AvgIpc) is 2.54. The molecule has 136 valence electrons. The SMILES string of the molecule is CS(=O)(=O)c1ccc(Cl)c(S(=O)(=O)N(CCO)Cc2ccccc2)c1. The van der Waals surface area contributed by atoms with Gasteiger partial charge in [0.05, 0.1) is 16.5 Å². The summed E-state index contributed by atoms with van der Waals surface area (Å²) in [7, 11) is -7.69. The van der Waals surface area contributed by atoms with E-state index in [0.29, 0.717) is 0 Å². The molecule has 0 aliphatic heterocycles. The minimum atomic E-state index is -4.10. The molecule has 0 fully saturated rings. The molecule has 2 aromatic rings. The Kier molecular flexibility index (Phi) is 6.23. The standard InChI is InChI=1S/C16H18ClNO5S2/c1-24(20,21)14-7-8-15(17)16(11-14)25(22,23)18(9-10-19)12-13-5-3-2-4-6-13/h2-8,11,19H,9-10,12H2,1H3. The normalized spacial score (nSPS) is 12.5. The van der Waals surface area contributed by atoms with E-state index in [4.69, 9.17) is 11.6 Å². The highest BCUT2D eigenvalue weighted by molar-refractivity contribution is 7.91. The van der Waals surface area contributed by atoms with Crippen LogP contribution in [-0.2, 0) is 26.4 Å². The third-order valence-electron chi connectivity index (χ3n) is 3.50. The molecule has 0 radical (unpaired) electrons. The predicted molar refractivity (Wildman–Crippen MR) is 95.7 cm³/mol. The fourth-order valence-corrected chi connectivity index (χ4v) is 4.88. The van der Waals surface area contributed by atoms with E-state index in [0.717, 1.165) is 22.2 Å². The quantitative estimate of drug-likeness (QED) is 0.762. The molecule has 0 spiro atoms. The van der Waals surface area contributed by atoms with Gasteiger partial charge >= 0.3 is 0 Å². The van der Waals surface area contributed by atoms with Gasteiger partial charge in [-0.05, 0) is 23.8 Å². The molecule has 0 aliphatic rings. The van der Waals surface area contributed by atoms with Gasteiger partial charge in [-0.25, -0.2) is 16.8 Å². The number of sulfone groups is 1. The number of nitrogens with zero attached hydrogens (tertiary/aromatic N) is 1. The molecule has 6 nitrogen and oxygen atoms in total. The summed E-state index contributed by atoms with van der Waals surface area (Å²) in [5.41, 5.74) is 0.731. The lowest BCUT2D eigenvalue weighted by Gasteiger charge is -2.22. The Morgan fingerprint density at radius 3 is 2.24 bits per heavy atom. The number of benzene rings is 2. The largest absolute Gasteiger partial charge is 0.395 e. The molecule has 2 aromatic carbocycles. The molecule has 2 rings (SSSR count). The molecular formula is C16H18ClNO5S2. The van der Waals surface area contributed by atoms with Crippen molar-refractivity contribution < 1.29 is 21.9 Å². The van der Waals surface area contributed by atoms with Crippen LogP contribution >= 0.6 is 11.6 Å². The Labute approximate surface area is 152 Å². The maximum absolute atomic E-state index is 13.0. The van der Waals surface area contributed by atoms with Crippen LogP contribution in [0.3, 0.4) is 0 Å². The van der Waals surface area contributed by atoms with E-state index in [2.05, 4.69) is 0 Å². The van der Waals surface area contributed by atoms with Gasteiger partial charge in [0.15, 0.2) is 9.84 Å². The van der Waals surface area contributed by atoms with Gasteiger partial charge < -0.3 is 5.11 Å². The monoisotopic (exact) mass is 403 g/mol. The summed E-state index contributed by atoms with van der Waals surface area (Å²) in [6, 6.07) is 12.4. The number of aliphatic hydroxyl groups excluding tert-OH is 1. The number of rotatable bonds is 7. The molecule has 0 amide bonds. The van der Waals surface area contributed by atoms with Crippen molar-refractivity contribution in [2.24, 2.45) is 0 Å². The van der Waals surface area contributed by atoms with E-state index in [-0.39, 0.29) is 34.5 Å². The maximum Gasteiger partial charge on any atom is 0.244 e. The third kappa shape index (κ3) is 4.80. The summed E-state index contributed by atoms with van der Waals surface area (Å²) in [5.74, 6) is 0. The highest BCUT2D eigenvalue weighted by Gasteiger charge is 2.28. The lowest BCUT2D eigenvalue weighted by atomic mass is 10.2. The number of hydrogen-bond acceptors (Lipinski definition) is 5. The molecule has 0 heterocycles. The van der Waals surface area contributed by atoms with Gasteiger partial charge in [-0.2, -0.15) is 4.31 Å². The Bertz CT molecular complexity index is 944. The molecule has 0 aliphatic carbocycles. The van der Waals surface area contributed by atoms with Crippen LogP contribution < -0.4 is 0 Å². The highest BCUT2D eigenvalue weighted by atomic mass is 35.5. The predicted octanol–water partition coefficient (Wildman–Crippen LogP) is 1.93. The Morgan fingerprint density at radius 2 is 1.68 bits per heavy atom. The van der Waals surface area contributed by atoms with Crippen molar-refractivity contribution in [1.82, 2.24) is 4.31 Å². The fourth-order valence-electron chi connectivity index (χ4n) is 2.23. The smallest absolute Gasteiger partial charge is 0.244 e. The van der Waals surface area contributed by atoms with E-state index in [9.17, 15) is 21.9 Å². The van der Waals surface area contributed by atoms with Crippen molar-refractivity contribution in [1.29, 1.82) is 0 Å². The molecule has 9 heteroatoms. The molecular weight excluding hydrogens is 386 g/mol. The summed E-state index contributed by atoms with van der Waals surface area (Å²) in [4.78, 5) is -0.444. The molecule has 0 saturated heterocycles. The van der Waals surface area contributed by atoms with E-state index in [1.54, 1.807) is 30.3 Å². The summed E-state index contributed by atoms with van der Waals surface area (Å²) in [5, 5.41) is 9.16. The molecule has 25 heavy (non-hydrogen) atoms. The first kappa shape index (κ1) is 19.9. The molecule has 0 saturated carbocycles. The van der Waals surface area contributed by atoms with Crippen LogP contribution in [0.1, 0.15) is 5.56 Å². The molecule has 0 unspecified atom stereocenters. The average molecular weight is 404 g/mol. The van der Waals surface area contributed by atoms with Gasteiger partial charge in [0.25, 0.3) is 0 Å². The van der Waals surface area contributed by atoms with Crippen LogP contribution in [0.5, 0.6) is 0 Å². The summed E-state index contributed by atoms with van der Waals surface area (Å²) >= 11 is 6.01. The van der Waals surface area contributed by atoms with Crippen LogP contribution in [-0.4, -0.2) is 45.7 Å². The Balaban J connectivity index is 2.50. The number of hydrogen-bond donors (Lipinski definition) is 1. The first-order valence-electron chi connectivity index (χ1n) is 7.31. The van der Waals surface area contributed by atoms with Crippen LogP contribution in [0.2, 0.25) is 5.02 Å². The zero-order chi connectivity index (χ0) is 18.7. The van der Waals surface area contributed by atoms with Crippen molar-refractivity contribution in [3.05, 3.63) is 59.1 Å². The summed E-state index contributed by atoms with van der Waals surface area (Å²) < 4.78 is 50.4. The lowest BCUT2D eigenvalue weighted by Crippen LogP contribution is -2.33. The summed E-state index contributed by atoms with van der Waals surface area (Å²) in [6.45, 7) is -0.491. The number of aliphatic hydroxyl groups is 1. The fraction of sp³-hybridized carbons (Fsp3) is 0.250. The van der Waals surface area contributed by atoms with Gasteiger partial charge in [-0.15, -0.1) is 0 Å². The van der Waals surface area contributed by atoms with E-state index in [1.807, 2.05) is 0 Å². The van der Waals surface area contributed by atoms with E-state index in [1.165, 1.54) is 12.1 Å². The van der Waals surface area contributed by atoms with Gasteiger partial charge in [0.1, 0.15) is 4.90 Å². The molecule has 1 N–H and O–H groups in total. The zero-order valence-electron chi connectivity index (χ0n) is 13.5.